The standard InChI is InChI=1S/C17H17FO4/c1-12(17(19)20-2)22-16-7-3-13(4-8-16)11-21-15-9-5-14(18)6-10-15/h3-10,12H,11H2,1-2H3. The monoisotopic (exact) mass is 304 g/mol. The van der Waals surface area contributed by atoms with Crippen LogP contribution in [0.1, 0.15) is 12.5 Å². The highest BCUT2D eigenvalue weighted by Gasteiger charge is 2.14. The Morgan fingerprint density at radius 1 is 1.05 bits per heavy atom. The summed E-state index contributed by atoms with van der Waals surface area (Å²) in [5.41, 5.74) is 0.933. The van der Waals surface area contributed by atoms with Crippen molar-refractivity contribution in [2.45, 2.75) is 19.6 Å². The second-order valence-electron chi connectivity index (χ2n) is 4.67. The molecule has 2 aromatic rings. The highest BCUT2D eigenvalue weighted by atomic mass is 19.1. The Morgan fingerprint density at radius 2 is 1.64 bits per heavy atom. The van der Waals surface area contributed by atoms with Gasteiger partial charge >= 0.3 is 5.97 Å². The Labute approximate surface area is 128 Å². The van der Waals surface area contributed by atoms with Crippen molar-refractivity contribution in [1.29, 1.82) is 0 Å². The lowest BCUT2D eigenvalue weighted by Gasteiger charge is -2.13. The van der Waals surface area contributed by atoms with E-state index in [0.717, 1.165) is 5.56 Å². The van der Waals surface area contributed by atoms with E-state index in [0.29, 0.717) is 18.1 Å². The molecule has 0 radical (unpaired) electrons. The fraction of sp³-hybridized carbons (Fsp3) is 0.235. The van der Waals surface area contributed by atoms with Crippen LogP contribution >= 0.6 is 0 Å². The van der Waals surface area contributed by atoms with E-state index in [1.165, 1.54) is 19.2 Å². The molecule has 0 fully saturated rings. The average Bonchev–Trinajstić information content (AvgIpc) is 2.55. The molecule has 2 rings (SSSR count). The normalized spacial score (nSPS) is 11.6. The summed E-state index contributed by atoms with van der Waals surface area (Å²) in [5, 5.41) is 0. The number of benzene rings is 2. The van der Waals surface area contributed by atoms with E-state index in [1.807, 2.05) is 12.1 Å². The molecule has 0 saturated carbocycles. The van der Waals surface area contributed by atoms with E-state index in [2.05, 4.69) is 4.74 Å². The number of carbonyl (C=O) groups is 1. The van der Waals surface area contributed by atoms with Gasteiger partial charge in [0.05, 0.1) is 7.11 Å². The lowest BCUT2D eigenvalue weighted by Crippen LogP contribution is -2.24. The molecule has 0 aliphatic rings. The van der Waals surface area contributed by atoms with Gasteiger partial charge in [0, 0.05) is 0 Å². The summed E-state index contributed by atoms with van der Waals surface area (Å²) in [4.78, 5) is 11.3. The molecule has 4 nitrogen and oxygen atoms in total. The number of ether oxygens (including phenoxy) is 3. The van der Waals surface area contributed by atoms with Gasteiger partial charge in [-0.1, -0.05) is 12.1 Å². The number of carbonyl (C=O) groups excluding carboxylic acids is 1. The maximum absolute atomic E-state index is 12.8. The fourth-order valence-electron chi connectivity index (χ4n) is 1.78. The molecule has 0 N–H and O–H groups in total. The van der Waals surface area contributed by atoms with Gasteiger partial charge in [0.2, 0.25) is 0 Å². The first-order valence-electron chi connectivity index (χ1n) is 6.80. The molecule has 0 aliphatic heterocycles. The molecular formula is C17H17FO4. The van der Waals surface area contributed by atoms with Gasteiger partial charge in [-0.2, -0.15) is 0 Å². The lowest BCUT2D eigenvalue weighted by molar-refractivity contribution is -0.147. The molecule has 0 saturated heterocycles. The highest BCUT2D eigenvalue weighted by molar-refractivity contribution is 5.74. The number of hydrogen-bond donors (Lipinski definition) is 0. The molecule has 1 atom stereocenters. The van der Waals surface area contributed by atoms with Crippen LogP contribution in [0.5, 0.6) is 11.5 Å². The largest absolute Gasteiger partial charge is 0.489 e. The van der Waals surface area contributed by atoms with E-state index >= 15 is 0 Å². The minimum atomic E-state index is -0.661. The van der Waals surface area contributed by atoms with Crippen LogP contribution in [-0.2, 0) is 16.1 Å². The minimum Gasteiger partial charge on any atom is -0.489 e. The maximum Gasteiger partial charge on any atom is 0.346 e. The van der Waals surface area contributed by atoms with Crippen LogP contribution in [0.3, 0.4) is 0 Å². The third-order valence-electron chi connectivity index (χ3n) is 2.99. The van der Waals surface area contributed by atoms with Gasteiger partial charge in [-0.15, -0.1) is 0 Å². The molecule has 0 bridgehead atoms. The second-order valence-corrected chi connectivity index (χ2v) is 4.67. The fourth-order valence-corrected chi connectivity index (χ4v) is 1.78. The van der Waals surface area contributed by atoms with Crippen molar-refractivity contribution in [3.63, 3.8) is 0 Å². The van der Waals surface area contributed by atoms with Gasteiger partial charge in [0.15, 0.2) is 6.10 Å². The predicted octanol–water partition coefficient (Wildman–Crippen LogP) is 3.35. The van der Waals surface area contributed by atoms with Crippen LogP contribution < -0.4 is 9.47 Å². The molecule has 0 aromatic heterocycles. The molecule has 0 spiro atoms. The maximum atomic E-state index is 12.8. The first kappa shape index (κ1) is 15.8. The van der Waals surface area contributed by atoms with Crippen LogP contribution in [0.25, 0.3) is 0 Å². The summed E-state index contributed by atoms with van der Waals surface area (Å²) in [5.74, 6) is 0.446. The van der Waals surface area contributed by atoms with Crippen LogP contribution in [0, 0.1) is 5.82 Å². The molecule has 2 aromatic carbocycles. The summed E-state index contributed by atoms with van der Waals surface area (Å²) in [6.07, 6.45) is -0.661. The van der Waals surface area contributed by atoms with E-state index < -0.39 is 12.1 Å². The molecular weight excluding hydrogens is 287 g/mol. The first-order valence-corrected chi connectivity index (χ1v) is 6.80. The van der Waals surface area contributed by atoms with Gasteiger partial charge in [-0.3, -0.25) is 0 Å². The Balaban J connectivity index is 1.89. The SMILES string of the molecule is COC(=O)C(C)Oc1ccc(COc2ccc(F)cc2)cc1. The van der Waals surface area contributed by atoms with E-state index in [1.54, 1.807) is 31.2 Å². The summed E-state index contributed by atoms with van der Waals surface area (Å²) in [6, 6.07) is 13.0. The first-order chi connectivity index (χ1) is 10.6. The number of methoxy groups -OCH3 is 1. The zero-order valence-electron chi connectivity index (χ0n) is 12.4. The summed E-state index contributed by atoms with van der Waals surface area (Å²) in [7, 11) is 1.32. The summed E-state index contributed by atoms with van der Waals surface area (Å²) >= 11 is 0. The number of esters is 1. The van der Waals surface area contributed by atoms with E-state index in [4.69, 9.17) is 9.47 Å². The van der Waals surface area contributed by atoms with Crippen LogP contribution in [0.2, 0.25) is 0 Å². The molecule has 5 heteroatoms. The van der Waals surface area contributed by atoms with Crippen molar-refractivity contribution in [2.75, 3.05) is 7.11 Å². The van der Waals surface area contributed by atoms with Crippen LogP contribution in [0.4, 0.5) is 4.39 Å². The van der Waals surface area contributed by atoms with Crippen molar-refractivity contribution in [3.05, 3.63) is 59.9 Å². The quantitative estimate of drug-likeness (QED) is 0.768. The van der Waals surface area contributed by atoms with Gasteiger partial charge in [0.25, 0.3) is 0 Å². The van der Waals surface area contributed by atoms with E-state index in [-0.39, 0.29) is 5.82 Å². The molecule has 22 heavy (non-hydrogen) atoms. The number of hydrogen-bond acceptors (Lipinski definition) is 4. The summed E-state index contributed by atoms with van der Waals surface area (Å²) in [6.45, 7) is 1.98. The third-order valence-corrected chi connectivity index (χ3v) is 2.99. The molecule has 0 aliphatic carbocycles. The topological polar surface area (TPSA) is 44.8 Å². The highest BCUT2D eigenvalue weighted by Crippen LogP contribution is 2.17. The molecule has 0 heterocycles. The molecule has 1 unspecified atom stereocenters. The zero-order valence-corrected chi connectivity index (χ0v) is 12.4. The molecule has 0 amide bonds. The average molecular weight is 304 g/mol. The van der Waals surface area contributed by atoms with Crippen molar-refractivity contribution >= 4 is 5.97 Å². The Hall–Kier alpha value is -2.56. The van der Waals surface area contributed by atoms with Crippen molar-refractivity contribution < 1.29 is 23.4 Å². The van der Waals surface area contributed by atoms with Crippen LogP contribution in [-0.4, -0.2) is 19.2 Å². The van der Waals surface area contributed by atoms with Crippen LogP contribution in [0.15, 0.2) is 48.5 Å². The van der Waals surface area contributed by atoms with Crippen molar-refractivity contribution in [3.8, 4) is 11.5 Å². The number of halogens is 1. The smallest absolute Gasteiger partial charge is 0.346 e. The summed E-state index contributed by atoms with van der Waals surface area (Å²) < 4.78 is 28.4. The minimum absolute atomic E-state index is 0.298. The zero-order chi connectivity index (χ0) is 15.9. The molecule has 116 valence electrons. The predicted molar refractivity (Wildman–Crippen MR) is 79.3 cm³/mol. The Morgan fingerprint density at radius 3 is 2.23 bits per heavy atom. The van der Waals surface area contributed by atoms with Crippen molar-refractivity contribution in [1.82, 2.24) is 0 Å². The number of rotatable bonds is 6. The van der Waals surface area contributed by atoms with Gasteiger partial charge < -0.3 is 14.2 Å². The van der Waals surface area contributed by atoms with Gasteiger partial charge in [0.1, 0.15) is 23.9 Å². The third kappa shape index (κ3) is 4.48. The van der Waals surface area contributed by atoms with E-state index in [9.17, 15) is 9.18 Å². The lowest BCUT2D eigenvalue weighted by atomic mass is 10.2. The second kappa shape index (κ2) is 7.45. The van der Waals surface area contributed by atoms with Gasteiger partial charge in [-0.05, 0) is 48.9 Å². The Kier molecular flexibility index (Phi) is 5.36. The van der Waals surface area contributed by atoms with Gasteiger partial charge in [-0.25, -0.2) is 9.18 Å². The Bertz CT molecular complexity index is 608. The van der Waals surface area contributed by atoms with Crippen molar-refractivity contribution in [2.24, 2.45) is 0 Å².